The molecule has 1 aromatic rings. The number of amides is 2. The van der Waals surface area contributed by atoms with E-state index in [1.807, 2.05) is 11.8 Å². The molecule has 0 saturated carbocycles. The maximum atomic E-state index is 12.6. The van der Waals surface area contributed by atoms with E-state index >= 15 is 0 Å². The summed E-state index contributed by atoms with van der Waals surface area (Å²) in [6.07, 6.45) is 0. The highest BCUT2D eigenvalue weighted by Crippen LogP contribution is 2.25. The second-order valence-electron chi connectivity index (χ2n) is 7.09. The van der Waals surface area contributed by atoms with Crippen molar-refractivity contribution >= 4 is 40.7 Å². The first kappa shape index (κ1) is 21.3. The van der Waals surface area contributed by atoms with Crippen molar-refractivity contribution in [1.82, 2.24) is 14.7 Å². The summed E-state index contributed by atoms with van der Waals surface area (Å²) >= 11 is 12.1. The lowest BCUT2D eigenvalue weighted by atomic mass is 10.2. The zero-order valence-corrected chi connectivity index (χ0v) is 17.5. The number of rotatable bonds is 5. The fourth-order valence-corrected chi connectivity index (χ4v) is 3.75. The molecule has 0 spiro atoms. The van der Waals surface area contributed by atoms with Gasteiger partial charge in [-0.05, 0) is 25.1 Å². The van der Waals surface area contributed by atoms with Crippen molar-refractivity contribution in [3.8, 4) is 0 Å². The molecule has 9 heteroatoms. The average molecular weight is 429 g/mol. The van der Waals surface area contributed by atoms with Crippen LogP contribution in [-0.4, -0.2) is 91.6 Å². The minimum absolute atomic E-state index is 0.123. The van der Waals surface area contributed by atoms with Gasteiger partial charge in [0.1, 0.15) is 0 Å². The summed E-state index contributed by atoms with van der Waals surface area (Å²) in [4.78, 5) is 31.1. The summed E-state index contributed by atoms with van der Waals surface area (Å²) in [5, 5.41) is 3.83. The maximum Gasteiger partial charge on any atom is 0.241 e. The van der Waals surface area contributed by atoms with Gasteiger partial charge in [-0.25, -0.2) is 0 Å². The number of ether oxygens (including phenoxy) is 1. The molecule has 0 aliphatic carbocycles. The molecule has 0 aromatic heterocycles. The summed E-state index contributed by atoms with van der Waals surface area (Å²) in [5.74, 6) is 0.0279. The minimum atomic E-state index is -0.299. The molecule has 2 aliphatic heterocycles. The second kappa shape index (κ2) is 9.89. The van der Waals surface area contributed by atoms with Gasteiger partial charge in [-0.2, -0.15) is 0 Å². The summed E-state index contributed by atoms with van der Waals surface area (Å²) in [7, 11) is 0. The first-order chi connectivity index (χ1) is 13.4. The van der Waals surface area contributed by atoms with Crippen LogP contribution in [0.15, 0.2) is 18.2 Å². The van der Waals surface area contributed by atoms with Gasteiger partial charge in [0.15, 0.2) is 0 Å². The van der Waals surface area contributed by atoms with E-state index < -0.39 is 0 Å². The molecule has 2 amide bonds. The summed E-state index contributed by atoms with van der Waals surface area (Å²) in [5.41, 5.74) is 0.515. The first-order valence-corrected chi connectivity index (χ1v) is 10.3. The number of carbonyl (C=O) groups is 2. The molecule has 28 heavy (non-hydrogen) atoms. The van der Waals surface area contributed by atoms with Gasteiger partial charge in [-0.15, -0.1) is 0 Å². The molecule has 1 N–H and O–H groups in total. The monoisotopic (exact) mass is 428 g/mol. The van der Waals surface area contributed by atoms with Crippen molar-refractivity contribution in [2.24, 2.45) is 0 Å². The Labute approximate surface area is 175 Å². The van der Waals surface area contributed by atoms with Gasteiger partial charge in [0, 0.05) is 44.3 Å². The highest BCUT2D eigenvalue weighted by molar-refractivity contribution is 6.35. The van der Waals surface area contributed by atoms with Crippen molar-refractivity contribution < 1.29 is 14.3 Å². The lowest BCUT2D eigenvalue weighted by Crippen LogP contribution is -2.55. The highest BCUT2D eigenvalue weighted by Gasteiger charge is 2.28. The predicted octanol–water partition coefficient (Wildman–Crippen LogP) is 1.80. The quantitative estimate of drug-likeness (QED) is 0.774. The summed E-state index contributed by atoms with van der Waals surface area (Å²) in [6, 6.07) is 4.69. The zero-order valence-electron chi connectivity index (χ0n) is 16.0. The molecular formula is C19H26Cl2N4O3. The number of anilines is 1. The van der Waals surface area contributed by atoms with Gasteiger partial charge >= 0.3 is 0 Å². The lowest BCUT2D eigenvalue weighted by Gasteiger charge is -2.38. The van der Waals surface area contributed by atoms with Crippen LogP contribution in [-0.2, 0) is 14.3 Å². The Morgan fingerprint density at radius 3 is 2.46 bits per heavy atom. The normalized spacial score (nSPS) is 20.0. The van der Waals surface area contributed by atoms with Crippen LogP contribution in [0.3, 0.4) is 0 Å². The number of piperazine rings is 1. The SMILES string of the molecule is CC(C(=O)Nc1cc(Cl)ccc1Cl)N1CCN(CC(=O)N2CCOCC2)CC1. The predicted molar refractivity (Wildman–Crippen MR) is 110 cm³/mol. The largest absolute Gasteiger partial charge is 0.378 e. The number of hydrogen-bond acceptors (Lipinski definition) is 5. The first-order valence-electron chi connectivity index (χ1n) is 9.52. The molecule has 2 aliphatic rings. The van der Waals surface area contributed by atoms with Crippen LogP contribution in [0.5, 0.6) is 0 Å². The van der Waals surface area contributed by atoms with E-state index in [4.69, 9.17) is 27.9 Å². The molecule has 2 fully saturated rings. The molecule has 1 aromatic carbocycles. The van der Waals surface area contributed by atoms with Crippen LogP contribution in [0.25, 0.3) is 0 Å². The molecule has 3 rings (SSSR count). The van der Waals surface area contributed by atoms with Gasteiger partial charge < -0.3 is 15.0 Å². The van der Waals surface area contributed by atoms with Crippen LogP contribution in [0.1, 0.15) is 6.92 Å². The molecule has 1 atom stereocenters. The second-order valence-corrected chi connectivity index (χ2v) is 7.94. The molecule has 2 heterocycles. The highest BCUT2D eigenvalue weighted by atomic mass is 35.5. The minimum Gasteiger partial charge on any atom is -0.378 e. The van der Waals surface area contributed by atoms with E-state index in [-0.39, 0.29) is 17.9 Å². The van der Waals surface area contributed by atoms with Gasteiger partial charge in [0.05, 0.1) is 36.5 Å². The van der Waals surface area contributed by atoms with E-state index in [0.717, 1.165) is 26.2 Å². The third kappa shape index (κ3) is 5.58. The molecule has 0 bridgehead atoms. The number of nitrogens with one attached hydrogen (secondary N) is 1. The Balaban J connectivity index is 1.46. The van der Waals surface area contributed by atoms with Crippen molar-refractivity contribution in [3.63, 3.8) is 0 Å². The molecule has 7 nitrogen and oxygen atoms in total. The van der Waals surface area contributed by atoms with Crippen molar-refractivity contribution in [2.45, 2.75) is 13.0 Å². The van der Waals surface area contributed by atoms with Crippen LogP contribution in [0, 0.1) is 0 Å². The average Bonchev–Trinajstić information content (AvgIpc) is 2.71. The fraction of sp³-hybridized carbons (Fsp3) is 0.579. The third-order valence-electron chi connectivity index (χ3n) is 5.24. The van der Waals surface area contributed by atoms with Crippen LogP contribution < -0.4 is 5.32 Å². The smallest absolute Gasteiger partial charge is 0.241 e. The van der Waals surface area contributed by atoms with Crippen LogP contribution in [0.2, 0.25) is 10.0 Å². The van der Waals surface area contributed by atoms with E-state index in [9.17, 15) is 9.59 Å². The van der Waals surface area contributed by atoms with Gasteiger partial charge in [-0.3, -0.25) is 19.4 Å². The Morgan fingerprint density at radius 2 is 1.79 bits per heavy atom. The number of morpholine rings is 1. The van der Waals surface area contributed by atoms with Crippen molar-refractivity contribution in [3.05, 3.63) is 28.2 Å². The van der Waals surface area contributed by atoms with E-state index in [1.165, 1.54) is 0 Å². The number of halogens is 2. The van der Waals surface area contributed by atoms with E-state index in [0.29, 0.717) is 48.6 Å². The molecular weight excluding hydrogens is 403 g/mol. The summed E-state index contributed by atoms with van der Waals surface area (Å²) in [6.45, 7) is 7.84. The summed E-state index contributed by atoms with van der Waals surface area (Å²) < 4.78 is 5.29. The van der Waals surface area contributed by atoms with Gasteiger partial charge in [0.25, 0.3) is 0 Å². The van der Waals surface area contributed by atoms with Crippen molar-refractivity contribution in [1.29, 1.82) is 0 Å². The number of carbonyl (C=O) groups excluding carboxylic acids is 2. The number of benzene rings is 1. The van der Waals surface area contributed by atoms with Crippen molar-refractivity contribution in [2.75, 3.05) is 64.3 Å². The Hall–Kier alpha value is -1.38. The fourth-order valence-electron chi connectivity index (χ4n) is 3.41. The van der Waals surface area contributed by atoms with Crippen LogP contribution >= 0.6 is 23.2 Å². The topological polar surface area (TPSA) is 65.1 Å². The number of hydrogen-bond donors (Lipinski definition) is 1. The van der Waals surface area contributed by atoms with E-state index in [1.54, 1.807) is 18.2 Å². The Morgan fingerprint density at radius 1 is 1.11 bits per heavy atom. The van der Waals surface area contributed by atoms with Gasteiger partial charge in [0.2, 0.25) is 11.8 Å². The van der Waals surface area contributed by atoms with E-state index in [2.05, 4.69) is 15.1 Å². The zero-order chi connectivity index (χ0) is 20.1. The lowest BCUT2D eigenvalue weighted by molar-refractivity contribution is -0.137. The Kier molecular flexibility index (Phi) is 7.54. The molecule has 0 radical (unpaired) electrons. The molecule has 1 unspecified atom stereocenters. The molecule has 154 valence electrons. The van der Waals surface area contributed by atoms with Crippen LogP contribution in [0.4, 0.5) is 5.69 Å². The number of nitrogens with zero attached hydrogens (tertiary/aromatic N) is 3. The standard InChI is InChI=1S/C19H26Cl2N4O3/c1-14(19(27)22-17-12-15(20)2-3-16(17)21)24-6-4-23(5-7-24)13-18(26)25-8-10-28-11-9-25/h2-3,12,14H,4-11,13H2,1H3,(H,22,27). The maximum absolute atomic E-state index is 12.6. The third-order valence-corrected chi connectivity index (χ3v) is 5.81. The van der Waals surface area contributed by atoms with Gasteiger partial charge in [-0.1, -0.05) is 23.2 Å². The Bertz CT molecular complexity index is 704. The molecule has 2 saturated heterocycles.